The molecule has 0 saturated heterocycles. The Kier molecular flexibility index (Phi) is 8.46. The highest BCUT2D eigenvalue weighted by Gasteiger charge is 2.22. The van der Waals surface area contributed by atoms with Crippen molar-refractivity contribution in [1.29, 1.82) is 0 Å². The zero-order chi connectivity index (χ0) is 44.0. The number of rotatable bonds is 9. The molecule has 0 spiro atoms. The van der Waals surface area contributed by atoms with Gasteiger partial charge in [0.15, 0.2) is 0 Å². The summed E-state index contributed by atoms with van der Waals surface area (Å²) in [6.45, 7) is -0.0692. The molecule has 0 amide bonds. The third-order valence-corrected chi connectivity index (χ3v) is 13.6. The van der Waals surface area contributed by atoms with E-state index in [1.807, 2.05) is 36.4 Å². The SMILES string of the molecule is O=C(OCc1ccc2ccc3cccc4ccc1c2c34)c1cc(C(=O)OCc2ccc3ccc4cccc5ccc2c3c45)cc(C(=O)OCc2ccc3ccc4cccc5ccc2c3c45)c1. The van der Waals surface area contributed by atoms with Crippen molar-refractivity contribution >= 4 is 115 Å². The van der Waals surface area contributed by atoms with Crippen LogP contribution in [-0.2, 0) is 34.0 Å². The minimum absolute atomic E-state index is 0.0231. The van der Waals surface area contributed by atoms with Gasteiger partial charge in [-0.15, -0.1) is 0 Å². The van der Waals surface area contributed by atoms with E-state index in [-0.39, 0.29) is 36.5 Å². The lowest BCUT2D eigenvalue weighted by Gasteiger charge is -2.15. The Morgan fingerprint density at radius 2 is 0.500 bits per heavy atom. The second kappa shape index (κ2) is 14.7. The van der Waals surface area contributed by atoms with Crippen molar-refractivity contribution in [3.63, 3.8) is 0 Å². The van der Waals surface area contributed by atoms with Crippen LogP contribution in [0.2, 0.25) is 0 Å². The van der Waals surface area contributed by atoms with Crippen molar-refractivity contribution in [2.24, 2.45) is 0 Å². The van der Waals surface area contributed by atoms with Crippen LogP contribution < -0.4 is 0 Å². The number of benzene rings is 13. The Hall–Kier alpha value is -8.61. The molecule has 0 N–H and O–H groups in total. The molecular formula is C60H36O6. The molecule has 13 aromatic rings. The van der Waals surface area contributed by atoms with Gasteiger partial charge in [-0.2, -0.15) is 0 Å². The van der Waals surface area contributed by atoms with Gasteiger partial charge in [0.2, 0.25) is 0 Å². The van der Waals surface area contributed by atoms with Crippen molar-refractivity contribution in [1.82, 2.24) is 0 Å². The standard InChI is InChI=1S/C60H36O6/c61-58(64-31-43-19-16-40-13-10-34-4-1-7-37-22-25-49(43)55(40)52(34)37)46-28-47(59(62)65-32-44-20-17-41-14-11-35-5-2-8-38-23-26-50(44)56(41)53(35)38)30-48(29-46)60(63)66-33-45-21-18-42-15-12-36-6-3-9-39-24-27-51(45)57(42)54(36)39/h1-30H,31-33H2. The Balaban J connectivity index is 0.822. The van der Waals surface area contributed by atoms with Crippen LogP contribution in [0.1, 0.15) is 47.8 Å². The van der Waals surface area contributed by atoms with Crippen LogP contribution in [0, 0.1) is 0 Å². The molecule has 0 bridgehead atoms. The van der Waals surface area contributed by atoms with Gasteiger partial charge < -0.3 is 14.2 Å². The molecular weight excluding hydrogens is 817 g/mol. The number of hydrogen-bond acceptors (Lipinski definition) is 6. The van der Waals surface area contributed by atoms with E-state index in [0.717, 1.165) is 97.5 Å². The van der Waals surface area contributed by atoms with Crippen molar-refractivity contribution in [2.75, 3.05) is 0 Å². The molecule has 66 heavy (non-hydrogen) atoms. The van der Waals surface area contributed by atoms with Gasteiger partial charge in [0.25, 0.3) is 0 Å². The van der Waals surface area contributed by atoms with E-state index in [1.54, 1.807) is 0 Å². The summed E-state index contributed by atoms with van der Waals surface area (Å²) in [5, 5.41) is 20.0. The number of carbonyl (C=O) groups excluding carboxylic acids is 3. The lowest BCUT2D eigenvalue weighted by molar-refractivity contribution is 0.0470. The van der Waals surface area contributed by atoms with Gasteiger partial charge in [0.05, 0.1) is 16.7 Å². The quantitative estimate of drug-likeness (QED) is 0.0817. The van der Waals surface area contributed by atoms with E-state index in [2.05, 4.69) is 127 Å². The topological polar surface area (TPSA) is 78.9 Å². The van der Waals surface area contributed by atoms with Crippen LogP contribution in [0.4, 0.5) is 0 Å². The fraction of sp³-hybridized carbons (Fsp3) is 0.0500. The molecule has 0 aliphatic heterocycles. The molecule has 6 heteroatoms. The molecule has 6 nitrogen and oxygen atoms in total. The molecule has 0 heterocycles. The Morgan fingerprint density at radius 3 is 0.773 bits per heavy atom. The molecule has 0 fully saturated rings. The second-order valence-corrected chi connectivity index (χ2v) is 17.3. The first-order valence-electron chi connectivity index (χ1n) is 22.1. The van der Waals surface area contributed by atoms with Crippen molar-refractivity contribution in [3.8, 4) is 0 Å². The lowest BCUT2D eigenvalue weighted by Crippen LogP contribution is -2.13. The first-order chi connectivity index (χ1) is 32.4. The molecule has 0 aromatic heterocycles. The first kappa shape index (κ1) is 37.9. The molecule has 0 saturated carbocycles. The summed E-state index contributed by atoms with van der Waals surface area (Å²) < 4.78 is 18.0. The van der Waals surface area contributed by atoms with Crippen LogP contribution in [0.15, 0.2) is 182 Å². The fourth-order valence-corrected chi connectivity index (χ4v) is 10.4. The average Bonchev–Trinajstić information content (AvgIpc) is 3.37. The highest BCUT2D eigenvalue weighted by Crippen LogP contribution is 2.39. The van der Waals surface area contributed by atoms with Gasteiger partial charge in [-0.1, -0.05) is 164 Å². The molecule has 312 valence electrons. The van der Waals surface area contributed by atoms with Gasteiger partial charge in [-0.25, -0.2) is 14.4 Å². The van der Waals surface area contributed by atoms with Crippen LogP contribution in [0.3, 0.4) is 0 Å². The van der Waals surface area contributed by atoms with Gasteiger partial charge >= 0.3 is 17.9 Å². The summed E-state index contributed by atoms with van der Waals surface area (Å²) in [5.41, 5.74) is 2.60. The Bertz CT molecular complexity index is 3650. The average molecular weight is 853 g/mol. The number of carbonyl (C=O) groups is 3. The summed E-state index contributed by atoms with van der Waals surface area (Å²) in [5.74, 6) is -2.08. The second-order valence-electron chi connectivity index (χ2n) is 17.3. The molecule has 0 aliphatic rings. The molecule has 0 atom stereocenters. The lowest BCUT2D eigenvalue weighted by atomic mass is 9.92. The predicted octanol–water partition coefficient (Wildman–Crippen LogP) is 14.4. The van der Waals surface area contributed by atoms with Gasteiger partial charge in [-0.05, 0) is 132 Å². The summed E-state index contributed by atoms with van der Waals surface area (Å²) in [4.78, 5) is 42.3. The van der Waals surface area contributed by atoms with Gasteiger partial charge in [0, 0.05) is 0 Å². The van der Waals surface area contributed by atoms with Gasteiger partial charge in [0.1, 0.15) is 19.8 Å². The van der Waals surface area contributed by atoms with Gasteiger partial charge in [-0.3, -0.25) is 0 Å². The third kappa shape index (κ3) is 5.99. The van der Waals surface area contributed by atoms with Crippen molar-refractivity contribution in [3.05, 3.63) is 215 Å². The van der Waals surface area contributed by atoms with Crippen molar-refractivity contribution < 1.29 is 28.6 Å². The fourth-order valence-electron chi connectivity index (χ4n) is 10.4. The largest absolute Gasteiger partial charge is 0.457 e. The Morgan fingerprint density at radius 1 is 0.273 bits per heavy atom. The van der Waals surface area contributed by atoms with E-state index in [9.17, 15) is 14.4 Å². The van der Waals surface area contributed by atoms with E-state index in [0.29, 0.717) is 0 Å². The minimum Gasteiger partial charge on any atom is -0.457 e. The predicted molar refractivity (Wildman–Crippen MR) is 264 cm³/mol. The molecule has 0 aliphatic carbocycles. The van der Waals surface area contributed by atoms with Crippen molar-refractivity contribution in [2.45, 2.75) is 19.8 Å². The van der Waals surface area contributed by atoms with Crippen LogP contribution in [0.5, 0.6) is 0 Å². The van der Waals surface area contributed by atoms with Crippen LogP contribution in [-0.4, -0.2) is 17.9 Å². The highest BCUT2D eigenvalue weighted by molar-refractivity contribution is 6.26. The number of ether oxygens (including phenoxy) is 3. The van der Waals surface area contributed by atoms with Crippen LogP contribution in [0.25, 0.3) is 97.0 Å². The number of hydrogen-bond donors (Lipinski definition) is 0. The van der Waals surface area contributed by atoms with E-state index < -0.39 is 17.9 Å². The normalized spacial score (nSPS) is 12.0. The summed E-state index contributed by atoms with van der Waals surface area (Å²) in [6, 6.07) is 60.3. The maximum absolute atomic E-state index is 14.1. The van der Waals surface area contributed by atoms with E-state index >= 15 is 0 Å². The maximum atomic E-state index is 14.1. The van der Waals surface area contributed by atoms with E-state index in [4.69, 9.17) is 14.2 Å². The molecule has 0 unspecified atom stereocenters. The molecule has 13 rings (SSSR count). The summed E-state index contributed by atoms with van der Waals surface area (Å²) in [7, 11) is 0. The summed E-state index contributed by atoms with van der Waals surface area (Å²) >= 11 is 0. The molecule has 0 radical (unpaired) electrons. The van der Waals surface area contributed by atoms with E-state index in [1.165, 1.54) is 34.4 Å². The smallest absolute Gasteiger partial charge is 0.338 e. The first-order valence-corrected chi connectivity index (χ1v) is 22.1. The Labute approximate surface area is 377 Å². The zero-order valence-corrected chi connectivity index (χ0v) is 35.4. The monoisotopic (exact) mass is 852 g/mol. The van der Waals surface area contributed by atoms with Crippen LogP contribution >= 0.6 is 0 Å². The number of esters is 3. The molecule has 13 aromatic carbocycles. The minimum atomic E-state index is -0.692. The highest BCUT2D eigenvalue weighted by atomic mass is 16.5. The summed E-state index contributed by atoms with van der Waals surface area (Å²) in [6.07, 6.45) is 0. The third-order valence-electron chi connectivity index (χ3n) is 13.6. The zero-order valence-electron chi connectivity index (χ0n) is 35.4. The maximum Gasteiger partial charge on any atom is 0.338 e.